The van der Waals surface area contributed by atoms with E-state index in [1.807, 2.05) is 18.1 Å². The SMILES string of the molecule is Cn1cc(C2=NCC(=O)N3CCc4c(cccc4N4CCNCC4)C3=C2)cn1. The van der Waals surface area contributed by atoms with Crippen LogP contribution < -0.4 is 10.2 Å². The number of nitrogens with zero attached hydrogens (tertiary/aromatic N) is 5. The molecule has 2 aromatic rings. The zero-order valence-corrected chi connectivity index (χ0v) is 16.1. The molecule has 7 heteroatoms. The second-order valence-electron chi connectivity index (χ2n) is 7.47. The van der Waals surface area contributed by atoms with Crippen molar-refractivity contribution in [3.05, 3.63) is 53.4 Å². The summed E-state index contributed by atoms with van der Waals surface area (Å²) in [5.74, 6) is 0.0587. The van der Waals surface area contributed by atoms with Crippen LogP contribution >= 0.6 is 0 Å². The summed E-state index contributed by atoms with van der Waals surface area (Å²) >= 11 is 0. The van der Waals surface area contributed by atoms with Crippen molar-refractivity contribution >= 4 is 23.0 Å². The number of fused-ring (bicyclic) bond motifs is 3. The Bertz CT molecular complexity index is 983. The second kappa shape index (κ2) is 6.91. The molecular weight excluding hydrogens is 352 g/mol. The first-order valence-corrected chi connectivity index (χ1v) is 9.84. The fourth-order valence-electron chi connectivity index (χ4n) is 4.32. The Morgan fingerprint density at radius 3 is 2.79 bits per heavy atom. The Morgan fingerprint density at radius 2 is 2.00 bits per heavy atom. The molecule has 1 saturated heterocycles. The minimum absolute atomic E-state index is 0.0587. The fourth-order valence-corrected chi connectivity index (χ4v) is 4.32. The van der Waals surface area contributed by atoms with Crippen LogP contribution in [0, 0.1) is 0 Å². The van der Waals surface area contributed by atoms with Gasteiger partial charge in [0, 0.05) is 62.8 Å². The number of anilines is 1. The Labute approximate surface area is 164 Å². The molecule has 0 unspecified atom stereocenters. The van der Waals surface area contributed by atoms with Gasteiger partial charge in [-0.15, -0.1) is 0 Å². The van der Waals surface area contributed by atoms with Gasteiger partial charge in [0.15, 0.2) is 0 Å². The number of aryl methyl sites for hydroxylation is 1. The van der Waals surface area contributed by atoms with Gasteiger partial charge in [0.25, 0.3) is 0 Å². The minimum Gasteiger partial charge on any atom is -0.369 e. The first-order chi connectivity index (χ1) is 13.7. The van der Waals surface area contributed by atoms with E-state index in [-0.39, 0.29) is 12.5 Å². The molecule has 1 fully saturated rings. The van der Waals surface area contributed by atoms with Crippen molar-refractivity contribution in [1.29, 1.82) is 0 Å². The first kappa shape index (κ1) is 17.2. The van der Waals surface area contributed by atoms with Gasteiger partial charge in [-0.3, -0.25) is 14.5 Å². The number of hydrogen-bond acceptors (Lipinski definition) is 5. The maximum atomic E-state index is 12.8. The lowest BCUT2D eigenvalue weighted by Gasteiger charge is -2.36. The van der Waals surface area contributed by atoms with E-state index < -0.39 is 0 Å². The normalized spacial score (nSPS) is 19.5. The highest BCUT2D eigenvalue weighted by Crippen LogP contribution is 2.36. The first-order valence-electron chi connectivity index (χ1n) is 9.84. The van der Waals surface area contributed by atoms with Crippen LogP contribution in [0.4, 0.5) is 5.69 Å². The second-order valence-corrected chi connectivity index (χ2v) is 7.47. The van der Waals surface area contributed by atoms with Gasteiger partial charge in [0.1, 0.15) is 6.54 Å². The lowest BCUT2D eigenvalue weighted by molar-refractivity contribution is -0.126. The van der Waals surface area contributed by atoms with Crippen molar-refractivity contribution in [2.75, 3.05) is 44.2 Å². The molecule has 4 heterocycles. The number of piperazine rings is 1. The van der Waals surface area contributed by atoms with Gasteiger partial charge in [0.05, 0.1) is 17.6 Å². The van der Waals surface area contributed by atoms with Crippen LogP contribution in [-0.2, 0) is 18.3 Å². The smallest absolute Gasteiger partial charge is 0.248 e. The average molecular weight is 376 g/mol. The van der Waals surface area contributed by atoms with Gasteiger partial charge in [-0.05, 0) is 24.1 Å². The van der Waals surface area contributed by atoms with E-state index >= 15 is 0 Å². The predicted octanol–water partition coefficient (Wildman–Crippen LogP) is 1.06. The largest absolute Gasteiger partial charge is 0.369 e. The molecule has 1 N–H and O–H groups in total. The van der Waals surface area contributed by atoms with E-state index in [4.69, 9.17) is 0 Å². The third kappa shape index (κ3) is 2.92. The Hall–Kier alpha value is -2.93. The highest BCUT2D eigenvalue weighted by Gasteiger charge is 2.30. The van der Waals surface area contributed by atoms with E-state index in [9.17, 15) is 4.79 Å². The molecule has 3 aliphatic heterocycles. The van der Waals surface area contributed by atoms with E-state index in [2.05, 4.69) is 44.6 Å². The van der Waals surface area contributed by atoms with Crippen LogP contribution in [-0.4, -0.2) is 65.6 Å². The number of carbonyl (C=O) groups excluding carboxylic acids is 1. The highest BCUT2D eigenvalue weighted by atomic mass is 16.2. The Morgan fingerprint density at radius 1 is 1.14 bits per heavy atom. The third-order valence-electron chi connectivity index (χ3n) is 5.72. The van der Waals surface area contributed by atoms with Gasteiger partial charge in [0.2, 0.25) is 5.91 Å². The zero-order chi connectivity index (χ0) is 19.1. The summed E-state index contributed by atoms with van der Waals surface area (Å²) in [4.78, 5) is 21.7. The summed E-state index contributed by atoms with van der Waals surface area (Å²) in [5, 5.41) is 7.68. The fraction of sp³-hybridized carbons (Fsp3) is 0.381. The number of amides is 1. The molecular formula is C21H24N6O. The number of allylic oxidation sites excluding steroid dienone is 1. The monoisotopic (exact) mass is 376 g/mol. The van der Waals surface area contributed by atoms with Gasteiger partial charge in [-0.2, -0.15) is 5.10 Å². The Kier molecular flexibility index (Phi) is 4.24. The zero-order valence-electron chi connectivity index (χ0n) is 16.1. The van der Waals surface area contributed by atoms with Crippen molar-refractivity contribution in [3.63, 3.8) is 0 Å². The average Bonchev–Trinajstić information content (AvgIpc) is 3.09. The molecule has 7 nitrogen and oxygen atoms in total. The van der Waals surface area contributed by atoms with Crippen molar-refractivity contribution in [2.24, 2.45) is 12.0 Å². The van der Waals surface area contributed by atoms with Crippen LogP contribution in [0.5, 0.6) is 0 Å². The van der Waals surface area contributed by atoms with Crippen LogP contribution in [0.2, 0.25) is 0 Å². The minimum atomic E-state index is 0.0587. The summed E-state index contributed by atoms with van der Waals surface area (Å²) < 4.78 is 1.76. The van der Waals surface area contributed by atoms with Gasteiger partial charge >= 0.3 is 0 Å². The van der Waals surface area contributed by atoms with Crippen LogP contribution in [0.3, 0.4) is 0 Å². The van der Waals surface area contributed by atoms with Gasteiger partial charge < -0.3 is 15.1 Å². The number of hydrogen-bond donors (Lipinski definition) is 1. The summed E-state index contributed by atoms with van der Waals surface area (Å²) in [7, 11) is 1.89. The molecule has 1 aromatic carbocycles. The van der Waals surface area contributed by atoms with Crippen LogP contribution in [0.15, 0.2) is 41.7 Å². The topological polar surface area (TPSA) is 65.8 Å². The number of benzene rings is 1. The number of rotatable bonds is 2. The summed E-state index contributed by atoms with van der Waals surface area (Å²) in [6.45, 7) is 4.93. The molecule has 0 aliphatic carbocycles. The van der Waals surface area contributed by atoms with Crippen LogP contribution in [0.1, 0.15) is 16.7 Å². The highest BCUT2D eigenvalue weighted by molar-refractivity contribution is 6.15. The summed E-state index contributed by atoms with van der Waals surface area (Å²) in [6, 6.07) is 6.46. The summed E-state index contributed by atoms with van der Waals surface area (Å²) in [5.41, 5.74) is 6.51. The van der Waals surface area contributed by atoms with Crippen LogP contribution in [0.25, 0.3) is 5.70 Å². The van der Waals surface area contributed by atoms with Gasteiger partial charge in [-0.1, -0.05) is 12.1 Å². The Balaban J connectivity index is 1.60. The lowest BCUT2D eigenvalue weighted by Crippen LogP contribution is -2.44. The molecule has 144 valence electrons. The molecule has 0 bridgehead atoms. The maximum absolute atomic E-state index is 12.8. The molecule has 0 saturated carbocycles. The molecule has 1 aromatic heterocycles. The van der Waals surface area contributed by atoms with E-state index in [0.29, 0.717) is 6.54 Å². The standard InChI is InChI=1S/C21H24N6O/c1-25-14-15(12-24-25)18-11-20-16-3-2-4-19(26-9-6-22-7-10-26)17(16)5-8-27(20)21(28)13-23-18/h2-4,11-12,14,22H,5-10,13H2,1H3. The van der Waals surface area contributed by atoms with E-state index in [1.54, 1.807) is 10.9 Å². The van der Waals surface area contributed by atoms with Gasteiger partial charge in [-0.25, -0.2) is 0 Å². The maximum Gasteiger partial charge on any atom is 0.248 e. The predicted molar refractivity (Wildman–Crippen MR) is 110 cm³/mol. The molecule has 0 spiro atoms. The van der Waals surface area contributed by atoms with Crippen molar-refractivity contribution in [1.82, 2.24) is 20.0 Å². The van der Waals surface area contributed by atoms with Crippen molar-refractivity contribution in [3.8, 4) is 0 Å². The summed E-state index contributed by atoms with van der Waals surface area (Å²) in [6.07, 6.45) is 6.68. The number of carbonyl (C=O) groups is 1. The van der Waals surface area contributed by atoms with Crippen molar-refractivity contribution < 1.29 is 4.79 Å². The molecule has 5 rings (SSSR count). The number of nitrogens with one attached hydrogen (secondary N) is 1. The third-order valence-corrected chi connectivity index (χ3v) is 5.72. The van der Waals surface area contributed by atoms with Crippen molar-refractivity contribution in [2.45, 2.75) is 6.42 Å². The molecule has 0 atom stereocenters. The van der Waals surface area contributed by atoms with E-state index in [1.165, 1.54) is 11.3 Å². The van der Waals surface area contributed by atoms with E-state index in [0.717, 1.165) is 55.1 Å². The molecule has 1 amide bonds. The molecule has 0 radical (unpaired) electrons. The molecule has 3 aliphatic rings. The number of aromatic nitrogens is 2. The number of aliphatic imine (C=N–C) groups is 1. The lowest BCUT2D eigenvalue weighted by atomic mass is 9.93. The molecule has 28 heavy (non-hydrogen) atoms. The quantitative estimate of drug-likeness (QED) is 0.851.